The molecule has 0 saturated carbocycles. The highest BCUT2D eigenvalue weighted by atomic mass is 32.1. The Kier molecular flexibility index (Phi) is 4.03. The number of rotatable bonds is 3. The lowest BCUT2D eigenvalue weighted by molar-refractivity contribution is 1.30. The Morgan fingerprint density at radius 1 is 0.467 bits per heavy atom. The van der Waals surface area contributed by atoms with E-state index in [2.05, 4.69) is 120 Å². The summed E-state index contributed by atoms with van der Waals surface area (Å²) in [6, 6.07) is 41.3. The van der Waals surface area contributed by atoms with Gasteiger partial charge in [-0.2, -0.15) is 0 Å². The molecule has 0 radical (unpaired) electrons. The summed E-state index contributed by atoms with van der Waals surface area (Å²) in [6.07, 6.45) is 0. The molecule has 0 aliphatic rings. The molecular formula is C28H19NS. The van der Waals surface area contributed by atoms with Gasteiger partial charge in [0.1, 0.15) is 0 Å². The number of fused-ring (bicyclic) bond motifs is 4. The lowest BCUT2D eigenvalue weighted by Gasteiger charge is -2.27. The Hall–Kier alpha value is -3.62. The molecule has 0 unspecified atom stereocenters. The minimum absolute atomic E-state index is 1.16. The van der Waals surface area contributed by atoms with Gasteiger partial charge in [-0.1, -0.05) is 72.8 Å². The number of benzene rings is 5. The summed E-state index contributed by atoms with van der Waals surface area (Å²) in [5, 5.41) is 5.14. The molecule has 0 saturated heterocycles. The standard InChI is InChI=1S/C28H19NS/c1-2-11-21(12-3-1)29(26-15-8-10-20-9-4-5-13-23(20)26)22-17-18-28-25(19-22)24-14-6-7-16-27(24)30-28/h1-19H. The molecule has 1 aromatic heterocycles. The predicted molar refractivity (Wildman–Crippen MR) is 132 cm³/mol. The number of thiophene rings is 1. The van der Waals surface area contributed by atoms with Crippen LogP contribution < -0.4 is 4.90 Å². The molecule has 0 aliphatic heterocycles. The molecule has 2 heteroatoms. The Bertz CT molecular complexity index is 1490. The molecule has 6 aromatic rings. The van der Waals surface area contributed by atoms with Crippen molar-refractivity contribution >= 4 is 59.3 Å². The first-order chi connectivity index (χ1) is 14.9. The molecule has 142 valence electrons. The first kappa shape index (κ1) is 17.3. The van der Waals surface area contributed by atoms with Crippen LogP contribution in [-0.2, 0) is 0 Å². The zero-order valence-corrected chi connectivity index (χ0v) is 17.1. The Balaban J connectivity index is 1.64. The normalized spacial score (nSPS) is 11.3. The number of hydrogen-bond donors (Lipinski definition) is 0. The van der Waals surface area contributed by atoms with E-state index in [0.717, 1.165) is 5.69 Å². The molecule has 30 heavy (non-hydrogen) atoms. The highest BCUT2D eigenvalue weighted by molar-refractivity contribution is 7.25. The van der Waals surface area contributed by atoms with Crippen LogP contribution in [0.4, 0.5) is 17.1 Å². The van der Waals surface area contributed by atoms with Gasteiger partial charge in [0, 0.05) is 36.9 Å². The van der Waals surface area contributed by atoms with Crippen molar-refractivity contribution in [2.45, 2.75) is 0 Å². The number of anilines is 3. The molecule has 0 aliphatic carbocycles. The van der Waals surface area contributed by atoms with E-state index in [1.807, 2.05) is 11.3 Å². The smallest absolute Gasteiger partial charge is 0.0540 e. The van der Waals surface area contributed by atoms with Crippen molar-refractivity contribution in [3.8, 4) is 0 Å². The summed E-state index contributed by atoms with van der Waals surface area (Å²) in [5.41, 5.74) is 3.53. The van der Waals surface area contributed by atoms with Gasteiger partial charge in [0.25, 0.3) is 0 Å². The van der Waals surface area contributed by atoms with Gasteiger partial charge in [-0.3, -0.25) is 0 Å². The van der Waals surface area contributed by atoms with E-state index in [-0.39, 0.29) is 0 Å². The van der Waals surface area contributed by atoms with E-state index >= 15 is 0 Å². The monoisotopic (exact) mass is 401 g/mol. The first-order valence-electron chi connectivity index (χ1n) is 10.1. The van der Waals surface area contributed by atoms with Crippen molar-refractivity contribution in [1.82, 2.24) is 0 Å². The van der Waals surface area contributed by atoms with Crippen LogP contribution >= 0.6 is 11.3 Å². The largest absolute Gasteiger partial charge is 0.310 e. The fourth-order valence-corrected chi connectivity index (χ4v) is 5.35. The molecule has 5 aromatic carbocycles. The molecule has 0 N–H and O–H groups in total. The molecule has 6 rings (SSSR count). The van der Waals surface area contributed by atoms with Crippen LogP contribution in [-0.4, -0.2) is 0 Å². The second-order valence-electron chi connectivity index (χ2n) is 7.45. The maximum Gasteiger partial charge on any atom is 0.0540 e. The van der Waals surface area contributed by atoms with Gasteiger partial charge in [0.05, 0.1) is 5.69 Å². The Morgan fingerprint density at radius 2 is 1.17 bits per heavy atom. The molecule has 0 atom stereocenters. The average Bonchev–Trinajstić information content (AvgIpc) is 3.18. The maximum absolute atomic E-state index is 2.37. The molecular weight excluding hydrogens is 382 g/mol. The van der Waals surface area contributed by atoms with E-state index in [1.54, 1.807) is 0 Å². The van der Waals surface area contributed by atoms with Crippen LogP contribution in [0.15, 0.2) is 115 Å². The first-order valence-corrected chi connectivity index (χ1v) is 10.9. The third kappa shape index (κ3) is 2.77. The maximum atomic E-state index is 2.37. The van der Waals surface area contributed by atoms with Crippen LogP contribution in [0.1, 0.15) is 0 Å². The van der Waals surface area contributed by atoms with Gasteiger partial charge >= 0.3 is 0 Å². The van der Waals surface area contributed by atoms with Gasteiger partial charge in [0.2, 0.25) is 0 Å². The summed E-state index contributed by atoms with van der Waals surface area (Å²) >= 11 is 1.86. The van der Waals surface area contributed by atoms with Crippen molar-refractivity contribution in [3.63, 3.8) is 0 Å². The summed E-state index contributed by atoms with van der Waals surface area (Å²) in [4.78, 5) is 2.37. The molecule has 1 heterocycles. The molecule has 0 fully saturated rings. The number of para-hydroxylation sites is 1. The Morgan fingerprint density at radius 3 is 2.07 bits per heavy atom. The lowest BCUT2D eigenvalue weighted by Crippen LogP contribution is -2.10. The molecule has 0 amide bonds. The fraction of sp³-hybridized carbons (Fsp3) is 0. The van der Waals surface area contributed by atoms with Crippen LogP contribution in [0.25, 0.3) is 30.9 Å². The second kappa shape index (κ2) is 7.01. The predicted octanol–water partition coefficient (Wildman–Crippen LogP) is 8.68. The zero-order valence-electron chi connectivity index (χ0n) is 16.3. The van der Waals surface area contributed by atoms with Crippen molar-refractivity contribution in [2.75, 3.05) is 4.90 Å². The number of nitrogens with zero attached hydrogens (tertiary/aromatic N) is 1. The van der Waals surface area contributed by atoms with Crippen LogP contribution in [0.5, 0.6) is 0 Å². The highest BCUT2D eigenvalue weighted by Gasteiger charge is 2.16. The summed E-state index contributed by atoms with van der Waals surface area (Å²) < 4.78 is 2.66. The topological polar surface area (TPSA) is 3.24 Å². The van der Waals surface area contributed by atoms with Crippen molar-refractivity contribution in [1.29, 1.82) is 0 Å². The Labute approximate surface area is 179 Å². The van der Waals surface area contributed by atoms with Gasteiger partial charge in [-0.15, -0.1) is 11.3 Å². The van der Waals surface area contributed by atoms with Crippen LogP contribution in [0.2, 0.25) is 0 Å². The summed E-state index contributed by atoms with van der Waals surface area (Å²) in [6.45, 7) is 0. The quantitative estimate of drug-likeness (QED) is 0.287. The fourth-order valence-electron chi connectivity index (χ4n) is 4.26. The summed E-state index contributed by atoms with van der Waals surface area (Å²) in [5.74, 6) is 0. The SMILES string of the molecule is c1ccc(N(c2ccc3sc4ccccc4c3c2)c2cccc3ccccc23)cc1. The summed E-state index contributed by atoms with van der Waals surface area (Å²) in [7, 11) is 0. The van der Waals surface area contributed by atoms with E-state index in [4.69, 9.17) is 0 Å². The van der Waals surface area contributed by atoms with E-state index in [1.165, 1.54) is 42.3 Å². The highest BCUT2D eigenvalue weighted by Crippen LogP contribution is 2.42. The van der Waals surface area contributed by atoms with E-state index < -0.39 is 0 Å². The second-order valence-corrected chi connectivity index (χ2v) is 8.53. The van der Waals surface area contributed by atoms with Gasteiger partial charge in [-0.25, -0.2) is 0 Å². The molecule has 0 bridgehead atoms. The molecule has 1 nitrogen and oxygen atoms in total. The lowest BCUT2D eigenvalue weighted by atomic mass is 10.1. The van der Waals surface area contributed by atoms with Gasteiger partial charge in [-0.05, 0) is 47.9 Å². The minimum atomic E-state index is 1.16. The van der Waals surface area contributed by atoms with E-state index in [0.29, 0.717) is 0 Å². The minimum Gasteiger partial charge on any atom is -0.310 e. The van der Waals surface area contributed by atoms with Crippen molar-refractivity contribution in [3.05, 3.63) is 115 Å². The zero-order chi connectivity index (χ0) is 19.9. The average molecular weight is 402 g/mol. The van der Waals surface area contributed by atoms with E-state index in [9.17, 15) is 0 Å². The van der Waals surface area contributed by atoms with Crippen molar-refractivity contribution in [2.24, 2.45) is 0 Å². The van der Waals surface area contributed by atoms with Crippen molar-refractivity contribution < 1.29 is 0 Å². The van der Waals surface area contributed by atoms with Crippen LogP contribution in [0, 0.1) is 0 Å². The third-order valence-corrected chi connectivity index (χ3v) is 6.79. The number of hydrogen-bond acceptors (Lipinski definition) is 2. The van der Waals surface area contributed by atoms with Gasteiger partial charge in [0.15, 0.2) is 0 Å². The molecule has 0 spiro atoms. The van der Waals surface area contributed by atoms with Gasteiger partial charge < -0.3 is 4.90 Å². The van der Waals surface area contributed by atoms with Crippen LogP contribution in [0.3, 0.4) is 0 Å². The third-order valence-electron chi connectivity index (χ3n) is 5.64.